The molecular weight excluding hydrogens is 518 g/mol. The summed E-state index contributed by atoms with van der Waals surface area (Å²) >= 11 is 0. The van der Waals surface area contributed by atoms with E-state index in [9.17, 15) is 9.59 Å². The minimum absolute atomic E-state index is 0.00628. The van der Waals surface area contributed by atoms with Gasteiger partial charge in [0.15, 0.2) is 5.78 Å². The predicted molar refractivity (Wildman–Crippen MR) is 160 cm³/mol. The molecule has 1 aliphatic heterocycles. The molecule has 1 heterocycles. The summed E-state index contributed by atoms with van der Waals surface area (Å²) in [6, 6.07) is 20.4. The first-order chi connectivity index (χ1) is 19.7. The van der Waals surface area contributed by atoms with E-state index in [1.54, 1.807) is 21.3 Å². The smallest absolute Gasteiger partial charge is 0.239 e. The number of Topliss-reactive ketones (excluding diaryl/α,β-unsaturated/α-hetero) is 1. The van der Waals surface area contributed by atoms with Crippen LogP contribution in [-0.4, -0.2) is 39.6 Å². The van der Waals surface area contributed by atoms with Gasteiger partial charge in [0.25, 0.3) is 0 Å². The molecule has 3 aromatic rings. The average Bonchev–Trinajstić information content (AvgIpc) is 3.09. The summed E-state index contributed by atoms with van der Waals surface area (Å²) < 4.78 is 16.9. The fourth-order valence-electron chi connectivity index (χ4n) is 5.86. The SMILES string of the molecule is COc1ccc(OC)c(C2C3=C(CC(C)(C)CC3=O)Nc3ccccc3N2CC(=O)NCc2ccccc2OC)c1. The van der Waals surface area contributed by atoms with Crippen LogP contribution in [0.25, 0.3) is 0 Å². The minimum atomic E-state index is -0.591. The molecule has 0 spiro atoms. The molecule has 8 nitrogen and oxygen atoms in total. The van der Waals surface area contributed by atoms with Gasteiger partial charge in [-0.2, -0.15) is 0 Å². The number of hydrogen-bond acceptors (Lipinski definition) is 7. The molecular formula is C33H37N3O5. The first kappa shape index (κ1) is 28.1. The second-order valence-electron chi connectivity index (χ2n) is 11.2. The van der Waals surface area contributed by atoms with Gasteiger partial charge in [0.1, 0.15) is 17.2 Å². The number of carbonyl (C=O) groups excluding carboxylic acids is 2. The third-order valence-corrected chi connectivity index (χ3v) is 7.72. The first-order valence-electron chi connectivity index (χ1n) is 13.7. The lowest BCUT2D eigenvalue weighted by atomic mass is 9.73. The largest absolute Gasteiger partial charge is 0.497 e. The van der Waals surface area contributed by atoms with Gasteiger partial charge >= 0.3 is 0 Å². The molecule has 5 rings (SSSR count). The zero-order valence-corrected chi connectivity index (χ0v) is 24.2. The lowest BCUT2D eigenvalue weighted by Gasteiger charge is -2.38. The van der Waals surface area contributed by atoms with E-state index in [0.717, 1.165) is 28.2 Å². The van der Waals surface area contributed by atoms with Crippen molar-refractivity contribution in [2.75, 3.05) is 38.1 Å². The van der Waals surface area contributed by atoms with Gasteiger partial charge in [-0.15, -0.1) is 0 Å². The molecule has 0 bridgehead atoms. The van der Waals surface area contributed by atoms with Crippen LogP contribution in [0.5, 0.6) is 17.2 Å². The Hall–Kier alpha value is -4.46. The standard InChI is InChI=1S/C33H37N3O5/c1-33(2)17-25-31(27(37)18-33)32(23-16-22(39-3)14-15-29(23)41-5)36(26-12-8-7-11-24(26)35-25)20-30(38)34-19-21-10-6-9-13-28(21)40-4/h6-16,32,35H,17-20H2,1-5H3,(H,34,38). The summed E-state index contributed by atoms with van der Waals surface area (Å²) in [7, 11) is 4.83. The molecule has 214 valence electrons. The molecule has 0 saturated carbocycles. The number of rotatable bonds is 8. The summed E-state index contributed by atoms with van der Waals surface area (Å²) in [6.45, 7) is 4.53. The Morgan fingerprint density at radius 2 is 1.68 bits per heavy atom. The molecule has 0 fully saturated rings. The highest BCUT2D eigenvalue weighted by Gasteiger charge is 2.43. The van der Waals surface area contributed by atoms with Crippen LogP contribution in [0.2, 0.25) is 0 Å². The van der Waals surface area contributed by atoms with Crippen molar-refractivity contribution in [2.45, 2.75) is 39.3 Å². The highest BCUT2D eigenvalue weighted by atomic mass is 16.5. The van der Waals surface area contributed by atoms with E-state index in [4.69, 9.17) is 14.2 Å². The molecule has 0 aromatic heterocycles. The number of anilines is 2. The summed E-state index contributed by atoms with van der Waals surface area (Å²) in [5.74, 6) is 1.81. The molecule has 3 aromatic carbocycles. The van der Waals surface area contributed by atoms with Crippen molar-refractivity contribution in [2.24, 2.45) is 5.41 Å². The second-order valence-corrected chi connectivity index (χ2v) is 11.2. The Kier molecular flexibility index (Phi) is 7.92. The van der Waals surface area contributed by atoms with E-state index < -0.39 is 6.04 Å². The maximum absolute atomic E-state index is 14.0. The molecule has 2 N–H and O–H groups in total. The van der Waals surface area contributed by atoms with Gasteiger partial charge in [0.05, 0.1) is 45.3 Å². The van der Waals surface area contributed by atoms with Gasteiger partial charge in [-0.3, -0.25) is 9.59 Å². The van der Waals surface area contributed by atoms with Crippen LogP contribution >= 0.6 is 0 Å². The zero-order chi connectivity index (χ0) is 29.1. The van der Waals surface area contributed by atoms with Gasteiger partial charge in [-0.1, -0.05) is 44.2 Å². The Bertz CT molecular complexity index is 1500. The van der Waals surface area contributed by atoms with Crippen LogP contribution in [0.1, 0.15) is 43.9 Å². The third kappa shape index (κ3) is 5.73. The van der Waals surface area contributed by atoms with Crippen LogP contribution in [0, 0.1) is 5.41 Å². The molecule has 1 amide bonds. The van der Waals surface area contributed by atoms with Crippen molar-refractivity contribution >= 4 is 23.1 Å². The lowest BCUT2D eigenvalue weighted by Crippen LogP contribution is -2.42. The number of fused-ring (bicyclic) bond motifs is 1. The van der Waals surface area contributed by atoms with Crippen LogP contribution in [-0.2, 0) is 16.1 Å². The first-order valence-corrected chi connectivity index (χ1v) is 13.7. The Balaban J connectivity index is 1.62. The van der Waals surface area contributed by atoms with Gasteiger partial charge < -0.3 is 29.7 Å². The highest BCUT2D eigenvalue weighted by molar-refractivity contribution is 6.02. The normalized spacial score (nSPS) is 17.5. The molecule has 41 heavy (non-hydrogen) atoms. The topological polar surface area (TPSA) is 89.1 Å². The highest BCUT2D eigenvalue weighted by Crippen LogP contribution is 2.50. The van der Waals surface area contributed by atoms with Crippen LogP contribution in [0.15, 0.2) is 78.0 Å². The Morgan fingerprint density at radius 3 is 2.44 bits per heavy atom. The summed E-state index contributed by atoms with van der Waals surface area (Å²) in [5.41, 5.74) is 4.59. The molecule has 1 unspecified atom stereocenters. The van der Waals surface area contributed by atoms with Crippen LogP contribution in [0.4, 0.5) is 11.4 Å². The number of ketones is 1. The van der Waals surface area contributed by atoms with Crippen molar-refractivity contribution in [1.29, 1.82) is 0 Å². The van der Waals surface area contributed by atoms with E-state index in [2.05, 4.69) is 24.5 Å². The van der Waals surface area contributed by atoms with Crippen molar-refractivity contribution in [3.63, 3.8) is 0 Å². The van der Waals surface area contributed by atoms with Crippen molar-refractivity contribution < 1.29 is 23.8 Å². The number of ether oxygens (including phenoxy) is 3. The monoisotopic (exact) mass is 555 g/mol. The van der Waals surface area contributed by atoms with E-state index in [-0.39, 0.29) is 23.7 Å². The fourth-order valence-corrected chi connectivity index (χ4v) is 5.86. The maximum atomic E-state index is 14.0. The number of nitrogens with zero attached hydrogens (tertiary/aromatic N) is 1. The molecule has 8 heteroatoms. The van der Waals surface area contributed by atoms with E-state index in [1.165, 1.54) is 0 Å². The van der Waals surface area contributed by atoms with E-state index >= 15 is 0 Å². The van der Waals surface area contributed by atoms with E-state index in [1.807, 2.05) is 71.6 Å². The quantitative estimate of drug-likeness (QED) is 0.372. The molecule has 1 atom stereocenters. The summed E-state index contributed by atoms with van der Waals surface area (Å²) in [5, 5.41) is 6.64. The second kappa shape index (κ2) is 11.6. The number of carbonyl (C=O) groups is 2. The van der Waals surface area contributed by atoms with Crippen LogP contribution < -0.4 is 29.7 Å². The Labute approximate surface area is 241 Å². The molecule has 0 saturated heterocycles. The fraction of sp³-hybridized carbons (Fsp3) is 0.333. The van der Waals surface area contributed by atoms with Gasteiger partial charge in [-0.25, -0.2) is 0 Å². The summed E-state index contributed by atoms with van der Waals surface area (Å²) in [6.07, 6.45) is 1.10. The number of para-hydroxylation sites is 3. The third-order valence-electron chi connectivity index (χ3n) is 7.72. The summed E-state index contributed by atoms with van der Waals surface area (Å²) in [4.78, 5) is 29.6. The number of allylic oxidation sites excluding steroid dienone is 1. The lowest BCUT2D eigenvalue weighted by molar-refractivity contribution is -0.121. The van der Waals surface area contributed by atoms with Crippen molar-refractivity contribution in [3.05, 3.63) is 89.1 Å². The van der Waals surface area contributed by atoms with Crippen molar-refractivity contribution in [1.82, 2.24) is 5.32 Å². The average molecular weight is 556 g/mol. The molecule has 0 radical (unpaired) electrons. The minimum Gasteiger partial charge on any atom is -0.497 e. The number of nitrogens with one attached hydrogen (secondary N) is 2. The maximum Gasteiger partial charge on any atom is 0.239 e. The predicted octanol–water partition coefficient (Wildman–Crippen LogP) is 5.65. The molecule has 2 aliphatic rings. The van der Waals surface area contributed by atoms with Gasteiger partial charge in [0, 0.05) is 35.4 Å². The number of benzene rings is 3. The van der Waals surface area contributed by atoms with E-state index in [0.29, 0.717) is 42.2 Å². The van der Waals surface area contributed by atoms with Gasteiger partial charge in [0.2, 0.25) is 5.91 Å². The zero-order valence-electron chi connectivity index (χ0n) is 24.2. The van der Waals surface area contributed by atoms with Crippen molar-refractivity contribution in [3.8, 4) is 17.2 Å². The van der Waals surface area contributed by atoms with Crippen LogP contribution in [0.3, 0.4) is 0 Å². The number of hydrogen-bond donors (Lipinski definition) is 2. The van der Waals surface area contributed by atoms with Gasteiger partial charge in [-0.05, 0) is 48.2 Å². The Morgan fingerprint density at radius 1 is 0.951 bits per heavy atom. The number of methoxy groups -OCH3 is 3. The number of amides is 1. The molecule has 1 aliphatic carbocycles.